The molecule has 3 heteroatoms. The van der Waals surface area contributed by atoms with Gasteiger partial charge in [0.1, 0.15) is 0 Å². The van der Waals surface area contributed by atoms with E-state index in [1.807, 2.05) is 6.07 Å². The number of hydrogen-bond acceptors (Lipinski definition) is 2. The maximum atomic E-state index is 6.02. The first-order valence-electron chi connectivity index (χ1n) is 5.22. The lowest BCUT2D eigenvalue weighted by Crippen LogP contribution is -2.22. The van der Waals surface area contributed by atoms with Crippen molar-refractivity contribution >= 4 is 17.3 Å². The van der Waals surface area contributed by atoms with E-state index in [0.29, 0.717) is 6.04 Å². The van der Waals surface area contributed by atoms with Crippen LogP contribution >= 0.6 is 11.6 Å². The number of nitrogens with zero attached hydrogens (tertiary/aromatic N) is 1. The second-order valence-corrected chi connectivity index (χ2v) is 4.24. The summed E-state index contributed by atoms with van der Waals surface area (Å²) in [5.74, 6) is 0. The molecule has 0 unspecified atom stereocenters. The van der Waals surface area contributed by atoms with E-state index in [4.69, 9.17) is 11.6 Å². The van der Waals surface area contributed by atoms with Gasteiger partial charge in [-0.1, -0.05) is 30.9 Å². The Balaban J connectivity index is 1.99. The maximum absolute atomic E-state index is 6.02. The summed E-state index contributed by atoms with van der Waals surface area (Å²) in [5, 5.41) is 4.20. The first-order chi connectivity index (χ1) is 6.86. The van der Waals surface area contributed by atoms with Crippen LogP contribution in [0.5, 0.6) is 0 Å². The third kappa shape index (κ3) is 2.38. The van der Waals surface area contributed by atoms with Gasteiger partial charge < -0.3 is 5.32 Å². The second kappa shape index (κ2) is 4.65. The SMILES string of the molecule is Clc1cnccc1NC1CCCCC1. The van der Waals surface area contributed by atoms with Crippen LogP contribution in [0.4, 0.5) is 5.69 Å². The molecule has 1 heterocycles. The summed E-state index contributed by atoms with van der Waals surface area (Å²) in [6, 6.07) is 2.54. The maximum Gasteiger partial charge on any atom is 0.0820 e. The van der Waals surface area contributed by atoms with Crippen molar-refractivity contribution in [2.45, 2.75) is 38.1 Å². The second-order valence-electron chi connectivity index (χ2n) is 3.83. The van der Waals surface area contributed by atoms with E-state index in [-0.39, 0.29) is 0 Å². The Morgan fingerprint density at radius 3 is 2.79 bits per heavy atom. The minimum Gasteiger partial charge on any atom is -0.381 e. The molecular weight excluding hydrogens is 196 g/mol. The number of pyridine rings is 1. The predicted molar refractivity (Wildman–Crippen MR) is 59.7 cm³/mol. The number of anilines is 1. The van der Waals surface area contributed by atoms with E-state index in [9.17, 15) is 0 Å². The summed E-state index contributed by atoms with van der Waals surface area (Å²) in [5.41, 5.74) is 1.02. The molecule has 0 aliphatic heterocycles. The van der Waals surface area contributed by atoms with Gasteiger partial charge in [-0.2, -0.15) is 0 Å². The van der Waals surface area contributed by atoms with Crippen molar-refractivity contribution in [3.05, 3.63) is 23.5 Å². The van der Waals surface area contributed by atoms with E-state index in [0.717, 1.165) is 10.7 Å². The van der Waals surface area contributed by atoms with Crippen molar-refractivity contribution in [3.63, 3.8) is 0 Å². The number of aromatic nitrogens is 1. The molecule has 2 nitrogen and oxygen atoms in total. The number of hydrogen-bond donors (Lipinski definition) is 1. The average Bonchev–Trinajstić information content (AvgIpc) is 2.23. The quantitative estimate of drug-likeness (QED) is 0.809. The van der Waals surface area contributed by atoms with Crippen LogP contribution in [-0.2, 0) is 0 Å². The first-order valence-corrected chi connectivity index (χ1v) is 5.60. The monoisotopic (exact) mass is 210 g/mol. The zero-order valence-electron chi connectivity index (χ0n) is 8.17. The van der Waals surface area contributed by atoms with Gasteiger partial charge in [-0.25, -0.2) is 0 Å². The molecule has 2 rings (SSSR count). The highest BCUT2D eigenvalue weighted by molar-refractivity contribution is 6.33. The summed E-state index contributed by atoms with van der Waals surface area (Å²) in [7, 11) is 0. The largest absolute Gasteiger partial charge is 0.381 e. The van der Waals surface area contributed by atoms with Crippen LogP contribution in [0.2, 0.25) is 5.02 Å². The lowest BCUT2D eigenvalue weighted by atomic mass is 9.95. The van der Waals surface area contributed by atoms with Gasteiger partial charge in [0.25, 0.3) is 0 Å². The van der Waals surface area contributed by atoms with Crippen LogP contribution in [0.3, 0.4) is 0 Å². The molecule has 0 atom stereocenters. The molecule has 1 fully saturated rings. The summed E-state index contributed by atoms with van der Waals surface area (Å²) in [6.45, 7) is 0. The Kier molecular flexibility index (Phi) is 3.25. The molecule has 0 saturated heterocycles. The summed E-state index contributed by atoms with van der Waals surface area (Å²) in [6.07, 6.45) is 10.0. The first kappa shape index (κ1) is 9.78. The number of halogens is 1. The molecule has 1 aromatic rings. The van der Waals surface area contributed by atoms with Gasteiger partial charge in [0.05, 0.1) is 10.7 Å². The summed E-state index contributed by atoms with van der Waals surface area (Å²) < 4.78 is 0. The molecular formula is C11H15ClN2. The molecule has 1 aliphatic carbocycles. The van der Waals surface area contributed by atoms with Gasteiger partial charge in [-0.15, -0.1) is 0 Å². The predicted octanol–water partition coefficient (Wildman–Crippen LogP) is 3.48. The van der Waals surface area contributed by atoms with Crippen molar-refractivity contribution in [1.82, 2.24) is 4.98 Å². The Hall–Kier alpha value is -0.760. The summed E-state index contributed by atoms with van der Waals surface area (Å²) >= 11 is 6.02. The molecule has 0 bridgehead atoms. The smallest absolute Gasteiger partial charge is 0.0820 e. The van der Waals surface area contributed by atoms with Crippen LogP contribution in [0, 0.1) is 0 Å². The van der Waals surface area contributed by atoms with E-state index < -0.39 is 0 Å². The topological polar surface area (TPSA) is 24.9 Å². The van der Waals surface area contributed by atoms with E-state index >= 15 is 0 Å². The zero-order valence-corrected chi connectivity index (χ0v) is 8.93. The van der Waals surface area contributed by atoms with E-state index in [2.05, 4.69) is 10.3 Å². The van der Waals surface area contributed by atoms with Crippen molar-refractivity contribution in [1.29, 1.82) is 0 Å². The molecule has 0 amide bonds. The minimum atomic E-state index is 0.601. The fraction of sp³-hybridized carbons (Fsp3) is 0.545. The van der Waals surface area contributed by atoms with Crippen molar-refractivity contribution in [2.24, 2.45) is 0 Å². The number of nitrogens with one attached hydrogen (secondary N) is 1. The van der Waals surface area contributed by atoms with Crippen LogP contribution < -0.4 is 5.32 Å². The fourth-order valence-corrected chi connectivity index (χ4v) is 2.13. The molecule has 0 radical (unpaired) electrons. The van der Waals surface area contributed by atoms with Crippen molar-refractivity contribution in [3.8, 4) is 0 Å². The van der Waals surface area contributed by atoms with Gasteiger partial charge in [0.15, 0.2) is 0 Å². The normalized spacial score (nSPS) is 18.1. The lowest BCUT2D eigenvalue weighted by Gasteiger charge is -2.24. The highest BCUT2D eigenvalue weighted by Crippen LogP contribution is 2.25. The fourth-order valence-electron chi connectivity index (χ4n) is 1.96. The number of rotatable bonds is 2. The van der Waals surface area contributed by atoms with Crippen LogP contribution in [-0.4, -0.2) is 11.0 Å². The van der Waals surface area contributed by atoms with Crippen LogP contribution in [0.15, 0.2) is 18.5 Å². The molecule has 0 aromatic carbocycles. The highest BCUT2D eigenvalue weighted by Gasteiger charge is 2.13. The van der Waals surface area contributed by atoms with Gasteiger partial charge in [-0.3, -0.25) is 4.98 Å². The third-order valence-electron chi connectivity index (χ3n) is 2.74. The van der Waals surface area contributed by atoms with Gasteiger partial charge in [-0.05, 0) is 18.9 Å². The molecule has 1 aliphatic rings. The third-order valence-corrected chi connectivity index (χ3v) is 3.04. The minimum absolute atomic E-state index is 0.601. The molecule has 0 spiro atoms. The van der Waals surface area contributed by atoms with Gasteiger partial charge in [0.2, 0.25) is 0 Å². The van der Waals surface area contributed by atoms with Gasteiger partial charge in [0, 0.05) is 18.4 Å². The van der Waals surface area contributed by atoms with E-state index in [1.165, 1.54) is 32.1 Å². The highest BCUT2D eigenvalue weighted by atomic mass is 35.5. The molecule has 76 valence electrons. The Morgan fingerprint density at radius 2 is 2.07 bits per heavy atom. The van der Waals surface area contributed by atoms with Crippen LogP contribution in [0.25, 0.3) is 0 Å². The summed E-state index contributed by atoms with van der Waals surface area (Å²) in [4.78, 5) is 3.97. The average molecular weight is 211 g/mol. The van der Waals surface area contributed by atoms with Crippen LogP contribution in [0.1, 0.15) is 32.1 Å². The standard InChI is InChI=1S/C11H15ClN2/c12-10-8-13-7-6-11(10)14-9-4-2-1-3-5-9/h6-9H,1-5H2,(H,13,14). The zero-order chi connectivity index (χ0) is 9.80. The Bertz CT molecular complexity index is 295. The Morgan fingerprint density at radius 1 is 1.29 bits per heavy atom. The molecule has 1 saturated carbocycles. The molecule has 1 aromatic heterocycles. The van der Waals surface area contributed by atoms with Crippen molar-refractivity contribution < 1.29 is 0 Å². The molecule has 1 N–H and O–H groups in total. The lowest BCUT2D eigenvalue weighted by molar-refractivity contribution is 0.463. The van der Waals surface area contributed by atoms with E-state index in [1.54, 1.807) is 12.4 Å². The Labute approximate surface area is 89.7 Å². The van der Waals surface area contributed by atoms with Gasteiger partial charge >= 0.3 is 0 Å². The van der Waals surface area contributed by atoms with Crippen molar-refractivity contribution in [2.75, 3.05) is 5.32 Å². The molecule has 14 heavy (non-hydrogen) atoms.